The van der Waals surface area contributed by atoms with Gasteiger partial charge >= 0.3 is 6.09 Å². The molecule has 2 heterocycles. The number of para-hydroxylation sites is 2. The predicted octanol–water partition coefficient (Wildman–Crippen LogP) is 2.92. The first kappa shape index (κ1) is 20.5. The van der Waals surface area contributed by atoms with Gasteiger partial charge in [-0.05, 0) is 19.1 Å². The minimum absolute atomic E-state index is 0.0925. The van der Waals surface area contributed by atoms with Crippen LogP contribution in [0.3, 0.4) is 0 Å². The van der Waals surface area contributed by atoms with Crippen LogP contribution < -0.4 is 21.1 Å². The highest BCUT2D eigenvalue weighted by Crippen LogP contribution is 2.29. The Morgan fingerprint density at radius 1 is 1.24 bits per heavy atom. The van der Waals surface area contributed by atoms with Gasteiger partial charge in [-0.1, -0.05) is 35.2 Å². The average Bonchev–Trinajstić information content (AvgIpc) is 3.14. The van der Waals surface area contributed by atoms with Gasteiger partial charge in [0.1, 0.15) is 11.6 Å². The minimum Gasteiger partial charge on any atom is -0.495 e. The van der Waals surface area contributed by atoms with Gasteiger partial charge in [0.05, 0.1) is 25.2 Å². The fraction of sp³-hybridized carbons (Fsp3) is 0.250. The van der Waals surface area contributed by atoms with Crippen LogP contribution in [0.25, 0.3) is 0 Å². The third-order valence-corrected chi connectivity index (χ3v) is 5.24. The Bertz CT molecular complexity index is 984. The van der Waals surface area contributed by atoms with Crippen LogP contribution in [0, 0.1) is 0 Å². The van der Waals surface area contributed by atoms with Gasteiger partial charge in [0.2, 0.25) is 17.0 Å². The molecule has 3 rings (SSSR count). The molecule has 0 aliphatic rings. The van der Waals surface area contributed by atoms with E-state index in [1.807, 2.05) is 24.3 Å². The molecule has 0 unspecified atom stereocenters. The highest BCUT2D eigenvalue weighted by molar-refractivity contribution is 8.00. The van der Waals surface area contributed by atoms with Crippen LogP contribution in [0.1, 0.15) is 12.7 Å². The Hall–Kier alpha value is -3.19. The summed E-state index contributed by atoms with van der Waals surface area (Å²) in [5.74, 6) is 1.91. The minimum atomic E-state index is -0.572. The summed E-state index contributed by atoms with van der Waals surface area (Å²) in [6.07, 6.45) is -0.572. The Labute approximate surface area is 174 Å². The predicted molar refractivity (Wildman–Crippen MR) is 111 cm³/mol. The zero-order valence-electron chi connectivity index (χ0n) is 15.6. The average molecular weight is 435 g/mol. The van der Waals surface area contributed by atoms with E-state index in [9.17, 15) is 4.79 Å². The van der Waals surface area contributed by atoms with Gasteiger partial charge in [0.25, 0.3) is 0 Å². The number of ether oxygens (including phenoxy) is 2. The molecular weight excluding hydrogens is 416 g/mol. The first-order valence-corrected chi connectivity index (χ1v) is 10.2. The number of methoxy groups -OCH3 is 1. The Balaban J connectivity index is 1.65. The number of nitrogens with two attached hydrogens (primary N) is 1. The van der Waals surface area contributed by atoms with Gasteiger partial charge in [-0.2, -0.15) is 15.0 Å². The van der Waals surface area contributed by atoms with Crippen molar-refractivity contribution in [3.63, 3.8) is 0 Å². The van der Waals surface area contributed by atoms with Crippen molar-refractivity contribution in [2.75, 3.05) is 30.1 Å². The maximum absolute atomic E-state index is 11.4. The number of carbonyl (C=O) groups is 1. The number of anilines is 4. The number of nitrogens with zero attached hydrogens (tertiary/aromatic N) is 5. The largest absolute Gasteiger partial charge is 0.495 e. The van der Waals surface area contributed by atoms with E-state index in [1.165, 1.54) is 23.1 Å². The highest BCUT2D eigenvalue weighted by atomic mass is 32.2. The molecule has 0 fully saturated rings. The number of nitrogens with one attached hydrogen (secondary N) is 2. The molecule has 1 aromatic carbocycles. The molecule has 2 aromatic heterocycles. The lowest BCUT2D eigenvalue weighted by molar-refractivity contribution is 0.168. The molecule has 0 aliphatic heterocycles. The van der Waals surface area contributed by atoms with Crippen LogP contribution in [0.4, 0.5) is 27.5 Å². The molecule has 0 saturated carbocycles. The van der Waals surface area contributed by atoms with Crippen LogP contribution in [-0.2, 0) is 10.5 Å². The zero-order chi connectivity index (χ0) is 20.6. The van der Waals surface area contributed by atoms with Crippen molar-refractivity contribution >= 4 is 51.9 Å². The van der Waals surface area contributed by atoms with Gasteiger partial charge in [0.15, 0.2) is 4.34 Å². The third-order valence-electron chi connectivity index (χ3n) is 3.27. The highest BCUT2D eigenvalue weighted by Gasteiger charge is 2.12. The molecule has 152 valence electrons. The van der Waals surface area contributed by atoms with Crippen molar-refractivity contribution in [3.8, 4) is 5.75 Å². The van der Waals surface area contributed by atoms with Gasteiger partial charge in [-0.15, -0.1) is 10.2 Å². The maximum Gasteiger partial charge on any atom is 0.413 e. The molecule has 4 N–H and O–H groups in total. The molecule has 13 heteroatoms. The van der Waals surface area contributed by atoms with Crippen LogP contribution in [0.2, 0.25) is 0 Å². The van der Waals surface area contributed by atoms with E-state index < -0.39 is 6.09 Å². The molecule has 0 spiro atoms. The summed E-state index contributed by atoms with van der Waals surface area (Å²) in [5, 5.41) is 13.8. The number of amides is 1. The van der Waals surface area contributed by atoms with E-state index in [2.05, 4.69) is 35.8 Å². The van der Waals surface area contributed by atoms with Crippen LogP contribution >= 0.6 is 23.1 Å². The summed E-state index contributed by atoms with van der Waals surface area (Å²) >= 11 is 2.57. The van der Waals surface area contributed by atoms with Gasteiger partial charge < -0.3 is 20.5 Å². The van der Waals surface area contributed by atoms with Crippen LogP contribution in [0.15, 0.2) is 28.6 Å². The van der Waals surface area contributed by atoms with E-state index in [0.29, 0.717) is 38.4 Å². The molecular formula is C16H18N8O3S2. The molecule has 11 nitrogen and oxygen atoms in total. The number of rotatable bonds is 8. The summed E-state index contributed by atoms with van der Waals surface area (Å²) in [5.41, 5.74) is 6.52. The summed E-state index contributed by atoms with van der Waals surface area (Å²) in [6.45, 7) is 2.00. The summed E-state index contributed by atoms with van der Waals surface area (Å²) < 4.78 is 10.7. The number of benzene rings is 1. The number of aromatic nitrogens is 5. The van der Waals surface area contributed by atoms with E-state index >= 15 is 0 Å². The van der Waals surface area contributed by atoms with Crippen molar-refractivity contribution < 1.29 is 14.3 Å². The Morgan fingerprint density at radius 2 is 2.07 bits per heavy atom. The standard InChI is InChI=1S/C16H18N8O3S2/c1-3-27-15(25)22-14-23-24-16(29-14)28-8-11-19-12(17)21-13(20-11)18-9-6-4-5-7-10(9)26-2/h4-7H,3,8H2,1-2H3,(H,22,23,25)(H3,17,18,19,20,21). The van der Waals surface area contributed by atoms with Crippen LogP contribution in [0.5, 0.6) is 5.75 Å². The molecule has 0 aliphatic carbocycles. The molecule has 1 amide bonds. The quantitative estimate of drug-likeness (QED) is 0.354. The smallest absolute Gasteiger partial charge is 0.413 e. The van der Waals surface area contributed by atoms with E-state index in [-0.39, 0.29) is 12.6 Å². The molecule has 0 bridgehead atoms. The molecule has 0 saturated heterocycles. The van der Waals surface area contributed by atoms with Gasteiger partial charge in [-0.25, -0.2) is 4.79 Å². The second kappa shape index (κ2) is 9.84. The maximum atomic E-state index is 11.4. The Morgan fingerprint density at radius 3 is 2.86 bits per heavy atom. The number of thioether (sulfide) groups is 1. The van der Waals surface area contributed by atoms with Gasteiger partial charge in [-0.3, -0.25) is 5.32 Å². The number of carbonyl (C=O) groups excluding carboxylic acids is 1. The normalized spacial score (nSPS) is 10.4. The second-order valence-corrected chi connectivity index (χ2v) is 7.47. The number of nitrogen functional groups attached to an aromatic ring is 1. The van der Waals surface area contributed by atoms with E-state index in [0.717, 1.165) is 0 Å². The summed E-state index contributed by atoms with van der Waals surface area (Å²) in [7, 11) is 1.58. The van der Waals surface area contributed by atoms with Crippen LogP contribution in [-0.4, -0.2) is 45.0 Å². The fourth-order valence-corrected chi connectivity index (χ4v) is 3.72. The molecule has 0 radical (unpaired) electrons. The third kappa shape index (κ3) is 5.89. The van der Waals surface area contributed by atoms with Crippen molar-refractivity contribution in [2.24, 2.45) is 0 Å². The lowest BCUT2D eigenvalue weighted by atomic mass is 10.3. The van der Waals surface area contributed by atoms with Crippen molar-refractivity contribution in [2.45, 2.75) is 17.0 Å². The molecule has 3 aromatic rings. The lowest BCUT2D eigenvalue weighted by Crippen LogP contribution is -2.12. The summed E-state index contributed by atoms with van der Waals surface area (Å²) in [6, 6.07) is 7.39. The van der Waals surface area contributed by atoms with Gasteiger partial charge in [0, 0.05) is 0 Å². The fourth-order valence-electron chi connectivity index (χ4n) is 2.13. The number of hydrogen-bond acceptors (Lipinski definition) is 12. The monoisotopic (exact) mass is 434 g/mol. The summed E-state index contributed by atoms with van der Waals surface area (Å²) in [4.78, 5) is 24.0. The van der Waals surface area contributed by atoms with Crippen molar-refractivity contribution in [1.82, 2.24) is 25.1 Å². The number of hydrogen-bond donors (Lipinski definition) is 3. The Kier molecular flexibility index (Phi) is 6.97. The molecule has 29 heavy (non-hydrogen) atoms. The second-order valence-electron chi connectivity index (χ2n) is 5.27. The molecule has 0 atom stereocenters. The lowest BCUT2D eigenvalue weighted by Gasteiger charge is -2.10. The van der Waals surface area contributed by atoms with Crippen molar-refractivity contribution in [1.29, 1.82) is 0 Å². The SMILES string of the molecule is CCOC(=O)Nc1nnc(SCc2nc(N)nc(Nc3ccccc3OC)n2)s1. The first-order chi connectivity index (χ1) is 14.1. The van der Waals surface area contributed by atoms with E-state index in [1.54, 1.807) is 14.0 Å². The van der Waals surface area contributed by atoms with Crippen molar-refractivity contribution in [3.05, 3.63) is 30.1 Å². The van der Waals surface area contributed by atoms with E-state index in [4.69, 9.17) is 15.2 Å². The zero-order valence-corrected chi connectivity index (χ0v) is 17.2. The topological polar surface area (TPSA) is 150 Å². The first-order valence-electron chi connectivity index (χ1n) is 8.38.